The van der Waals surface area contributed by atoms with Gasteiger partial charge in [0.25, 0.3) is 0 Å². The molecule has 1 aromatic carbocycles. The second-order valence-corrected chi connectivity index (χ2v) is 5.05. The highest BCUT2D eigenvalue weighted by Crippen LogP contribution is 2.53. The van der Waals surface area contributed by atoms with Crippen molar-refractivity contribution < 1.29 is 0 Å². The molecular formula is C14H16N2. The zero-order chi connectivity index (χ0) is 11.3. The molecule has 2 nitrogen and oxygen atoms in total. The molecule has 1 saturated heterocycles. The second-order valence-electron chi connectivity index (χ2n) is 5.05. The normalized spacial score (nSPS) is 35.6. The molecule has 1 heterocycles. The predicted octanol–water partition coefficient (Wildman–Crippen LogP) is 2.45. The van der Waals surface area contributed by atoms with Crippen LogP contribution in [0.25, 0.3) is 0 Å². The number of nitrogens with zero attached hydrogens (tertiary/aromatic N) is 1. The van der Waals surface area contributed by atoms with E-state index in [1.54, 1.807) is 0 Å². The van der Waals surface area contributed by atoms with Gasteiger partial charge in [-0.3, -0.25) is 5.32 Å². The van der Waals surface area contributed by atoms with E-state index in [4.69, 9.17) is 0 Å². The summed E-state index contributed by atoms with van der Waals surface area (Å²) in [6.45, 7) is 5.31. The van der Waals surface area contributed by atoms with E-state index in [0.29, 0.717) is 11.8 Å². The summed E-state index contributed by atoms with van der Waals surface area (Å²) in [5.41, 5.74) is 3.81. The van der Waals surface area contributed by atoms with Crippen molar-refractivity contribution >= 4 is 0 Å². The smallest absolute Gasteiger partial charge is 0.120 e. The van der Waals surface area contributed by atoms with Crippen LogP contribution < -0.4 is 5.32 Å². The van der Waals surface area contributed by atoms with Crippen molar-refractivity contribution in [3.8, 4) is 6.07 Å². The fraction of sp³-hybridized carbons (Fsp3) is 0.500. The zero-order valence-corrected chi connectivity index (χ0v) is 9.75. The first-order valence-electron chi connectivity index (χ1n) is 5.96. The van der Waals surface area contributed by atoms with Gasteiger partial charge in [0.1, 0.15) is 5.54 Å². The number of aryl methyl sites for hydroxylation is 1. The maximum absolute atomic E-state index is 9.55. The first-order chi connectivity index (χ1) is 7.70. The molecule has 1 N–H and O–H groups in total. The summed E-state index contributed by atoms with van der Waals surface area (Å²) < 4.78 is 0. The highest BCUT2D eigenvalue weighted by atomic mass is 15.0. The molecule has 1 aliphatic heterocycles. The average Bonchev–Trinajstić information content (AvgIpc) is 2.80. The lowest BCUT2D eigenvalue weighted by molar-refractivity contribution is 0.407. The highest BCUT2D eigenvalue weighted by molar-refractivity contribution is 5.53. The van der Waals surface area contributed by atoms with E-state index in [2.05, 4.69) is 43.4 Å². The highest BCUT2D eigenvalue weighted by Gasteiger charge is 2.54. The maximum Gasteiger partial charge on any atom is 0.120 e. The largest absolute Gasteiger partial charge is 0.298 e. The van der Waals surface area contributed by atoms with Gasteiger partial charge in [0.05, 0.1) is 6.07 Å². The monoisotopic (exact) mass is 212 g/mol. The summed E-state index contributed by atoms with van der Waals surface area (Å²) in [6.07, 6.45) is 1.09. The lowest BCUT2D eigenvalue weighted by atomic mass is 9.82. The van der Waals surface area contributed by atoms with E-state index in [-0.39, 0.29) is 5.54 Å². The van der Waals surface area contributed by atoms with Gasteiger partial charge < -0.3 is 0 Å². The standard InChI is InChI=1S/C14H16N2/c1-9-4-3-5-11-10(2)14(8-15)12(13(9)11)6-7-16-14/h3-5,10,12,16H,6-7H2,1-2H3/t10-,12+,14-/m0/s1. The van der Waals surface area contributed by atoms with E-state index in [9.17, 15) is 5.26 Å². The van der Waals surface area contributed by atoms with Gasteiger partial charge >= 0.3 is 0 Å². The number of fused-ring (bicyclic) bond motifs is 3. The number of hydrogen-bond donors (Lipinski definition) is 1. The van der Waals surface area contributed by atoms with Crippen LogP contribution in [0.2, 0.25) is 0 Å². The summed E-state index contributed by atoms with van der Waals surface area (Å²) in [4.78, 5) is 0. The first kappa shape index (κ1) is 9.86. The molecule has 16 heavy (non-hydrogen) atoms. The van der Waals surface area contributed by atoms with Crippen LogP contribution in [0, 0.1) is 18.3 Å². The van der Waals surface area contributed by atoms with Crippen molar-refractivity contribution in [3.63, 3.8) is 0 Å². The molecule has 0 amide bonds. The molecular weight excluding hydrogens is 196 g/mol. The topological polar surface area (TPSA) is 35.8 Å². The summed E-state index contributed by atoms with van der Waals surface area (Å²) in [5, 5.41) is 13.0. The van der Waals surface area contributed by atoms with Crippen LogP contribution in [0.5, 0.6) is 0 Å². The Hall–Kier alpha value is -1.33. The lowest BCUT2D eigenvalue weighted by Crippen LogP contribution is -2.43. The maximum atomic E-state index is 9.55. The molecule has 1 fully saturated rings. The molecule has 2 heteroatoms. The summed E-state index contributed by atoms with van der Waals surface area (Å²) in [6, 6.07) is 9.01. The number of nitriles is 1. The van der Waals surface area contributed by atoms with Gasteiger partial charge in [-0.05, 0) is 36.6 Å². The summed E-state index contributed by atoms with van der Waals surface area (Å²) in [7, 11) is 0. The van der Waals surface area contributed by atoms with Crippen LogP contribution in [-0.2, 0) is 0 Å². The molecule has 3 rings (SSSR count). The molecule has 1 aliphatic carbocycles. The lowest BCUT2D eigenvalue weighted by Gasteiger charge is -2.26. The Morgan fingerprint density at radius 2 is 2.31 bits per heavy atom. The molecule has 0 bridgehead atoms. The Bertz CT molecular complexity index is 486. The van der Waals surface area contributed by atoms with Crippen molar-refractivity contribution in [2.75, 3.05) is 6.54 Å². The van der Waals surface area contributed by atoms with Gasteiger partial charge in [0.15, 0.2) is 0 Å². The second kappa shape index (κ2) is 3.09. The van der Waals surface area contributed by atoms with Crippen molar-refractivity contribution in [2.45, 2.75) is 37.6 Å². The van der Waals surface area contributed by atoms with Crippen molar-refractivity contribution in [3.05, 3.63) is 34.9 Å². The predicted molar refractivity (Wildman–Crippen MR) is 63.3 cm³/mol. The van der Waals surface area contributed by atoms with Crippen LogP contribution in [0.15, 0.2) is 18.2 Å². The number of benzene rings is 1. The van der Waals surface area contributed by atoms with Gasteiger partial charge in [0, 0.05) is 11.8 Å². The Morgan fingerprint density at radius 1 is 1.50 bits per heavy atom. The van der Waals surface area contributed by atoms with Gasteiger partial charge in [0.2, 0.25) is 0 Å². The minimum atomic E-state index is -0.339. The fourth-order valence-corrected chi connectivity index (χ4v) is 3.62. The van der Waals surface area contributed by atoms with E-state index in [1.165, 1.54) is 16.7 Å². The third-order valence-corrected chi connectivity index (χ3v) is 4.44. The van der Waals surface area contributed by atoms with Crippen molar-refractivity contribution in [1.29, 1.82) is 5.26 Å². The Morgan fingerprint density at radius 3 is 3.06 bits per heavy atom. The number of hydrogen-bond acceptors (Lipinski definition) is 2. The van der Waals surface area contributed by atoms with Crippen LogP contribution in [-0.4, -0.2) is 12.1 Å². The number of rotatable bonds is 0. The van der Waals surface area contributed by atoms with Crippen LogP contribution in [0.4, 0.5) is 0 Å². The van der Waals surface area contributed by atoms with Crippen molar-refractivity contribution in [1.82, 2.24) is 5.32 Å². The van der Waals surface area contributed by atoms with E-state index in [1.807, 2.05) is 0 Å². The molecule has 0 spiro atoms. The number of nitrogens with one attached hydrogen (secondary N) is 1. The van der Waals surface area contributed by atoms with Gasteiger partial charge in [-0.25, -0.2) is 0 Å². The minimum absolute atomic E-state index is 0.305. The van der Waals surface area contributed by atoms with Gasteiger partial charge in [-0.1, -0.05) is 25.1 Å². The van der Waals surface area contributed by atoms with Gasteiger partial charge in [-0.2, -0.15) is 5.26 Å². The Balaban J connectivity index is 2.26. The summed E-state index contributed by atoms with van der Waals surface area (Å²) >= 11 is 0. The van der Waals surface area contributed by atoms with Crippen molar-refractivity contribution in [2.24, 2.45) is 0 Å². The summed E-state index contributed by atoms with van der Waals surface area (Å²) in [5.74, 6) is 0.698. The molecule has 82 valence electrons. The van der Waals surface area contributed by atoms with Crippen LogP contribution >= 0.6 is 0 Å². The van der Waals surface area contributed by atoms with E-state index >= 15 is 0 Å². The average molecular weight is 212 g/mol. The molecule has 0 unspecified atom stereocenters. The molecule has 3 atom stereocenters. The molecule has 2 aliphatic rings. The third kappa shape index (κ3) is 0.948. The molecule has 0 aromatic heterocycles. The van der Waals surface area contributed by atoms with Gasteiger partial charge in [-0.15, -0.1) is 0 Å². The van der Waals surface area contributed by atoms with Crippen LogP contribution in [0.1, 0.15) is 41.9 Å². The zero-order valence-electron chi connectivity index (χ0n) is 9.75. The minimum Gasteiger partial charge on any atom is -0.298 e. The fourth-order valence-electron chi connectivity index (χ4n) is 3.62. The SMILES string of the molecule is Cc1cccc2c1[C@H]1CCN[C@@]1(C#N)[C@H]2C. The van der Waals surface area contributed by atoms with Crippen LogP contribution in [0.3, 0.4) is 0 Å². The first-order valence-corrected chi connectivity index (χ1v) is 5.96. The Kier molecular flexibility index (Phi) is 1.90. The Labute approximate surface area is 96.3 Å². The quantitative estimate of drug-likeness (QED) is 0.717. The molecule has 0 saturated carbocycles. The van der Waals surface area contributed by atoms with E-state index in [0.717, 1.165) is 13.0 Å². The molecule has 0 radical (unpaired) electrons. The third-order valence-electron chi connectivity index (χ3n) is 4.44. The van der Waals surface area contributed by atoms with E-state index < -0.39 is 0 Å². The molecule has 1 aromatic rings.